The predicted molar refractivity (Wildman–Crippen MR) is 103 cm³/mol. The van der Waals surface area contributed by atoms with Crippen LogP contribution in [0.3, 0.4) is 0 Å². The molecule has 1 aliphatic heterocycles. The van der Waals surface area contributed by atoms with E-state index in [-0.39, 0.29) is 0 Å². The number of Topliss-reactive ketones (excluding diaryl/α,β-unsaturated/α-hetero) is 1. The largest absolute Gasteiger partial charge is 0.539 e. The molecule has 0 unspecified atom stereocenters. The fourth-order valence-corrected chi connectivity index (χ4v) is 4.37. The molecule has 2 aromatic rings. The topological polar surface area (TPSA) is 98.9 Å². The van der Waals surface area contributed by atoms with Gasteiger partial charge in [0.2, 0.25) is 0 Å². The molecule has 2 aromatic heterocycles. The fourth-order valence-electron chi connectivity index (χ4n) is 3.07. The van der Waals surface area contributed by atoms with Gasteiger partial charge in [0.15, 0.2) is 11.8 Å². The summed E-state index contributed by atoms with van der Waals surface area (Å²) in [5.41, 5.74) is 5.69. The second-order valence-corrected chi connectivity index (χ2v) is 7.78. The van der Waals surface area contributed by atoms with Crippen molar-refractivity contribution in [2.45, 2.75) is 19.8 Å². The number of hydrogen-bond donors (Lipinski definition) is 2. The Morgan fingerprint density at radius 1 is 1.07 bits per heavy atom. The molecule has 2 N–H and O–H groups in total. The van der Waals surface area contributed by atoms with E-state index in [1.54, 1.807) is 35.2 Å². The van der Waals surface area contributed by atoms with Crippen LogP contribution in [-0.2, 0) is 14.4 Å². The summed E-state index contributed by atoms with van der Waals surface area (Å²) in [6, 6.07) is 4.44. The van der Waals surface area contributed by atoms with E-state index in [1.807, 2.05) is 0 Å². The number of carbonyl (C=O) groups is 3. The van der Waals surface area contributed by atoms with Crippen molar-refractivity contribution in [3.8, 4) is 0 Å². The van der Waals surface area contributed by atoms with Crippen molar-refractivity contribution in [2.24, 2.45) is 0 Å². The number of aliphatic carboxylic acids is 2. The molecule has 0 amide bonds. The minimum atomic E-state index is -2.07. The molecular weight excluding hydrogens is 386 g/mol. The highest BCUT2D eigenvalue weighted by atomic mass is 32.1. The van der Waals surface area contributed by atoms with Gasteiger partial charge in [0.05, 0.1) is 13.1 Å². The molecule has 0 spiro atoms. The lowest BCUT2D eigenvalue weighted by Crippen LogP contribution is -3.13. The lowest BCUT2D eigenvalue weighted by Gasteiger charge is -2.26. The molecule has 144 valence electrons. The van der Waals surface area contributed by atoms with Crippen LogP contribution in [0.15, 0.2) is 39.2 Å². The molecule has 0 aliphatic carbocycles. The van der Waals surface area contributed by atoms with Gasteiger partial charge in [0, 0.05) is 19.8 Å². The van der Waals surface area contributed by atoms with Gasteiger partial charge in [-0.1, -0.05) is 5.57 Å². The summed E-state index contributed by atoms with van der Waals surface area (Å²) >= 11 is 3.52. The van der Waals surface area contributed by atoms with Gasteiger partial charge >= 0.3 is 5.97 Å². The number of likely N-dealkylation sites (tertiary alicyclic amines) is 1. The quantitative estimate of drug-likeness (QED) is 0.727. The first-order chi connectivity index (χ1) is 12.9. The third-order valence-corrected chi connectivity index (χ3v) is 5.57. The van der Waals surface area contributed by atoms with E-state index in [1.165, 1.54) is 21.6 Å². The summed E-state index contributed by atoms with van der Waals surface area (Å²) in [7, 11) is 0. The zero-order valence-corrected chi connectivity index (χ0v) is 16.5. The molecule has 6 nitrogen and oxygen atoms in total. The van der Waals surface area contributed by atoms with Crippen molar-refractivity contribution in [1.29, 1.82) is 0 Å². The average molecular weight is 408 g/mol. The van der Waals surface area contributed by atoms with Crippen LogP contribution in [0.5, 0.6) is 0 Å². The molecule has 1 saturated heterocycles. The highest BCUT2D eigenvalue weighted by Crippen LogP contribution is 2.32. The minimum absolute atomic E-state index is 0.299. The lowest BCUT2D eigenvalue weighted by molar-refractivity contribution is -0.894. The molecule has 0 radical (unpaired) electrons. The van der Waals surface area contributed by atoms with Crippen LogP contribution < -0.4 is 10.0 Å². The van der Waals surface area contributed by atoms with Gasteiger partial charge in [-0.2, -0.15) is 22.7 Å². The van der Waals surface area contributed by atoms with Crippen molar-refractivity contribution in [3.63, 3.8) is 0 Å². The number of thiophene rings is 2. The summed E-state index contributed by atoms with van der Waals surface area (Å²) in [5, 5.41) is 25.1. The van der Waals surface area contributed by atoms with Crippen LogP contribution in [0.1, 0.15) is 30.9 Å². The first-order valence-corrected chi connectivity index (χ1v) is 10.3. The Bertz CT molecular complexity index is 751. The predicted octanol–water partition coefficient (Wildman–Crippen LogP) is 0.700. The van der Waals surface area contributed by atoms with Crippen LogP contribution in [0.25, 0.3) is 5.57 Å². The molecule has 0 bridgehead atoms. The lowest BCUT2D eigenvalue weighted by atomic mass is 9.91. The molecule has 0 atom stereocenters. The molecule has 0 aromatic carbocycles. The van der Waals surface area contributed by atoms with E-state index in [2.05, 4.69) is 33.7 Å². The van der Waals surface area contributed by atoms with E-state index < -0.39 is 11.9 Å². The smallest absolute Gasteiger partial charge is 0.351 e. The fraction of sp³-hybridized carbons (Fsp3) is 0.316. The van der Waals surface area contributed by atoms with Gasteiger partial charge in [-0.05, 0) is 50.4 Å². The van der Waals surface area contributed by atoms with Crippen molar-refractivity contribution in [2.75, 3.05) is 19.6 Å². The summed E-state index contributed by atoms with van der Waals surface area (Å²) in [6.07, 6.45) is 2.20. The number of carboxylic acid groups (broad SMARTS) is 2. The van der Waals surface area contributed by atoms with E-state index in [4.69, 9.17) is 19.8 Å². The highest BCUT2D eigenvalue weighted by molar-refractivity contribution is 7.08. The number of rotatable bonds is 4. The van der Waals surface area contributed by atoms with Crippen LogP contribution in [0, 0.1) is 0 Å². The number of ketones is 1. The van der Waals surface area contributed by atoms with Gasteiger partial charge in [-0.25, -0.2) is 4.79 Å². The molecule has 8 heteroatoms. The van der Waals surface area contributed by atoms with Crippen molar-refractivity contribution in [3.05, 3.63) is 50.4 Å². The number of quaternary nitrogens is 1. The number of carboxylic acids is 2. The van der Waals surface area contributed by atoms with Crippen LogP contribution in [0.4, 0.5) is 0 Å². The Morgan fingerprint density at radius 2 is 1.56 bits per heavy atom. The maximum absolute atomic E-state index is 11.3. The van der Waals surface area contributed by atoms with Crippen molar-refractivity contribution >= 4 is 46.0 Å². The molecule has 1 fully saturated rings. The molecule has 1 aliphatic rings. The third-order valence-electron chi connectivity index (χ3n) is 4.21. The van der Waals surface area contributed by atoms with Crippen LogP contribution in [0.2, 0.25) is 0 Å². The molecule has 3 heterocycles. The van der Waals surface area contributed by atoms with Gasteiger partial charge in [-0.15, -0.1) is 0 Å². The summed E-state index contributed by atoms with van der Waals surface area (Å²) in [6.45, 7) is 4.53. The standard InChI is InChI=1S/C17H19NOS2.C2H2O4/c1-13(19)10-18-6-2-14(3-7-18)17(15-4-8-20-11-15)16-5-9-21-12-16;3-1(4)2(5)6/h4-5,8-9,11-12H,2-3,6-7,10H2,1H3;(H,3,4)(H,5,6). The van der Waals surface area contributed by atoms with E-state index >= 15 is 0 Å². The van der Waals surface area contributed by atoms with E-state index in [0.29, 0.717) is 12.3 Å². The second-order valence-electron chi connectivity index (χ2n) is 6.22. The van der Waals surface area contributed by atoms with E-state index in [0.717, 1.165) is 25.9 Å². The minimum Gasteiger partial charge on any atom is -0.539 e. The average Bonchev–Trinajstić information content (AvgIpc) is 3.31. The maximum atomic E-state index is 11.3. The molecule has 3 rings (SSSR count). The Kier molecular flexibility index (Phi) is 7.90. The Morgan fingerprint density at radius 3 is 1.89 bits per heavy atom. The Balaban J connectivity index is 0.000000380. The van der Waals surface area contributed by atoms with Gasteiger partial charge < -0.3 is 19.9 Å². The molecule has 27 heavy (non-hydrogen) atoms. The third kappa shape index (κ3) is 6.42. The maximum Gasteiger partial charge on any atom is 0.351 e. The Hall–Kier alpha value is -2.29. The van der Waals surface area contributed by atoms with E-state index in [9.17, 15) is 4.79 Å². The zero-order valence-electron chi connectivity index (χ0n) is 14.9. The van der Waals surface area contributed by atoms with Gasteiger partial charge in [0.1, 0.15) is 6.54 Å². The second kappa shape index (κ2) is 10.1. The van der Waals surface area contributed by atoms with Crippen molar-refractivity contribution in [1.82, 2.24) is 0 Å². The summed E-state index contributed by atoms with van der Waals surface area (Å²) in [4.78, 5) is 30.7. The van der Waals surface area contributed by atoms with Gasteiger partial charge in [0.25, 0.3) is 0 Å². The molecule has 0 saturated carbocycles. The number of carbonyl (C=O) groups excluding carboxylic acids is 2. The first-order valence-electron chi connectivity index (χ1n) is 8.43. The SMILES string of the molecule is CC(=O)C[NH+]1CCC(=C(c2ccsc2)c2ccsc2)CC1.O=C([O-])C(=O)O. The zero-order chi connectivity index (χ0) is 19.8. The first kappa shape index (κ1) is 21.0. The van der Waals surface area contributed by atoms with Gasteiger partial charge in [-0.3, -0.25) is 4.79 Å². The van der Waals surface area contributed by atoms with Crippen LogP contribution >= 0.6 is 22.7 Å². The summed E-state index contributed by atoms with van der Waals surface area (Å²) in [5.74, 6) is -3.71. The summed E-state index contributed by atoms with van der Waals surface area (Å²) < 4.78 is 0. The number of piperidine rings is 1. The normalized spacial score (nSPS) is 16.2. The molecular formula is C19H21NO5S2. The highest BCUT2D eigenvalue weighted by Gasteiger charge is 2.22. The number of hydrogen-bond acceptors (Lipinski definition) is 6. The number of nitrogens with one attached hydrogen (secondary N) is 1. The Labute approximate surface area is 165 Å². The van der Waals surface area contributed by atoms with Crippen molar-refractivity contribution < 1.29 is 29.5 Å². The monoisotopic (exact) mass is 407 g/mol. The van der Waals surface area contributed by atoms with Crippen LogP contribution in [-0.4, -0.2) is 42.5 Å².